The van der Waals surface area contributed by atoms with Crippen molar-refractivity contribution in [2.75, 3.05) is 13.7 Å². The maximum atomic E-state index is 13.5. The van der Waals surface area contributed by atoms with Crippen LogP contribution in [0.15, 0.2) is 53.4 Å². The highest BCUT2D eigenvalue weighted by atomic mass is 35.5. The van der Waals surface area contributed by atoms with Gasteiger partial charge in [0.15, 0.2) is 0 Å². The number of amides is 1. The Kier molecular flexibility index (Phi) is 7.12. The second kappa shape index (κ2) is 9.59. The van der Waals surface area contributed by atoms with Crippen LogP contribution >= 0.6 is 11.6 Å². The zero-order valence-electron chi connectivity index (χ0n) is 16.5. The van der Waals surface area contributed by atoms with Gasteiger partial charge in [-0.1, -0.05) is 23.7 Å². The number of hydrogen-bond acceptors (Lipinski definition) is 5. The summed E-state index contributed by atoms with van der Waals surface area (Å²) >= 11 is 5.91. The third-order valence-corrected chi connectivity index (χ3v) is 7.11. The fraction of sp³-hybridized carbons (Fsp3) is 0.333. The second-order valence-corrected chi connectivity index (χ2v) is 9.32. The molecule has 1 aliphatic rings. The number of nitrogens with zero attached hydrogens (tertiary/aromatic N) is 1. The predicted octanol–water partition coefficient (Wildman–Crippen LogP) is 2.99. The lowest BCUT2D eigenvalue weighted by molar-refractivity contribution is -0.124. The van der Waals surface area contributed by atoms with E-state index in [9.17, 15) is 18.0 Å². The average molecular weight is 451 g/mol. The highest BCUT2D eigenvalue weighted by Crippen LogP contribution is 2.26. The number of methoxy groups -OCH3 is 1. The Labute approximate surface area is 181 Å². The fourth-order valence-electron chi connectivity index (χ4n) is 3.35. The van der Waals surface area contributed by atoms with Gasteiger partial charge in [-0.05, 0) is 61.2 Å². The molecule has 7 nitrogen and oxygen atoms in total. The molecule has 1 N–H and O–H groups in total. The van der Waals surface area contributed by atoms with Crippen molar-refractivity contribution < 1.29 is 22.7 Å². The number of esters is 1. The molecule has 160 valence electrons. The standard InChI is InChI=1S/C21H23ClN2O5S/c1-29-21(26)16-7-5-15(6-8-16)14-24(19-4-2-3-13-23-20(19)25)30(27,28)18-11-9-17(22)10-12-18/h5-12,19H,2-4,13-14H2,1H3,(H,23,25)/t19-/m1/s1. The molecule has 9 heteroatoms. The molecular weight excluding hydrogens is 428 g/mol. The molecule has 0 spiro atoms. The van der Waals surface area contributed by atoms with Crippen LogP contribution in [0.3, 0.4) is 0 Å². The Bertz CT molecular complexity index is 1010. The number of hydrogen-bond donors (Lipinski definition) is 1. The van der Waals surface area contributed by atoms with E-state index in [0.29, 0.717) is 29.1 Å². The molecule has 30 heavy (non-hydrogen) atoms. The van der Waals surface area contributed by atoms with Crippen molar-refractivity contribution in [1.29, 1.82) is 0 Å². The monoisotopic (exact) mass is 450 g/mol. The van der Waals surface area contributed by atoms with Crippen molar-refractivity contribution in [1.82, 2.24) is 9.62 Å². The van der Waals surface area contributed by atoms with Crippen LogP contribution in [0, 0.1) is 0 Å². The summed E-state index contributed by atoms with van der Waals surface area (Å²) < 4.78 is 32.8. The van der Waals surface area contributed by atoms with Gasteiger partial charge in [0.1, 0.15) is 6.04 Å². The minimum Gasteiger partial charge on any atom is -0.465 e. The Hall–Kier alpha value is -2.42. The smallest absolute Gasteiger partial charge is 0.337 e. The van der Waals surface area contributed by atoms with Gasteiger partial charge in [0.25, 0.3) is 0 Å². The van der Waals surface area contributed by atoms with E-state index in [1.54, 1.807) is 24.3 Å². The summed E-state index contributed by atoms with van der Waals surface area (Å²) in [5, 5.41) is 3.22. The zero-order chi connectivity index (χ0) is 21.7. The number of halogens is 1. The van der Waals surface area contributed by atoms with Crippen LogP contribution in [-0.2, 0) is 26.1 Å². The van der Waals surface area contributed by atoms with E-state index in [1.807, 2.05) is 0 Å². The predicted molar refractivity (Wildman–Crippen MR) is 113 cm³/mol. The molecule has 1 fully saturated rings. The van der Waals surface area contributed by atoms with E-state index >= 15 is 0 Å². The molecule has 0 bridgehead atoms. The van der Waals surface area contributed by atoms with Crippen molar-refractivity contribution in [3.63, 3.8) is 0 Å². The molecule has 1 amide bonds. The highest BCUT2D eigenvalue weighted by molar-refractivity contribution is 7.89. The summed E-state index contributed by atoms with van der Waals surface area (Å²) in [6.07, 6.45) is 1.96. The topological polar surface area (TPSA) is 92.8 Å². The number of sulfonamides is 1. The van der Waals surface area contributed by atoms with E-state index in [0.717, 1.165) is 12.8 Å². The first-order valence-corrected chi connectivity index (χ1v) is 11.4. The van der Waals surface area contributed by atoms with Gasteiger partial charge in [-0.3, -0.25) is 4.79 Å². The molecule has 0 unspecified atom stereocenters. The highest BCUT2D eigenvalue weighted by Gasteiger charge is 2.36. The van der Waals surface area contributed by atoms with Crippen LogP contribution in [0.25, 0.3) is 0 Å². The van der Waals surface area contributed by atoms with Gasteiger partial charge in [0.05, 0.1) is 17.6 Å². The summed E-state index contributed by atoms with van der Waals surface area (Å²) in [5.41, 5.74) is 1.01. The van der Waals surface area contributed by atoms with Crippen molar-refractivity contribution in [3.05, 3.63) is 64.7 Å². The van der Waals surface area contributed by atoms with Crippen molar-refractivity contribution in [2.45, 2.75) is 36.7 Å². The Balaban J connectivity index is 1.97. The maximum absolute atomic E-state index is 13.5. The fourth-order valence-corrected chi connectivity index (χ4v) is 5.08. The minimum absolute atomic E-state index is 0.00943. The lowest BCUT2D eigenvalue weighted by Gasteiger charge is -2.29. The van der Waals surface area contributed by atoms with E-state index in [1.165, 1.54) is 35.7 Å². The van der Waals surface area contributed by atoms with Crippen LogP contribution in [0.1, 0.15) is 35.2 Å². The molecule has 3 rings (SSSR count). The summed E-state index contributed by atoms with van der Waals surface area (Å²) in [7, 11) is -2.68. The normalized spacial score (nSPS) is 17.3. The van der Waals surface area contributed by atoms with E-state index < -0.39 is 22.0 Å². The third kappa shape index (κ3) is 5.00. The van der Waals surface area contributed by atoms with Crippen molar-refractivity contribution >= 4 is 33.5 Å². The van der Waals surface area contributed by atoms with Crippen molar-refractivity contribution in [3.8, 4) is 0 Å². The first kappa shape index (κ1) is 22.3. The molecule has 0 aromatic heterocycles. The molecule has 1 aliphatic heterocycles. The Morgan fingerprint density at radius 3 is 2.43 bits per heavy atom. The summed E-state index contributed by atoms with van der Waals surface area (Å²) in [6.45, 7) is 0.516. The largest absolute Gasteiger partial charge is 0.465 e. The molecule has 0 aliphatic carbocycles. The van der Waals surface area contributed by atoms with E-state index in [2.05, 4.69) is 5.32 Å². The first-order chi connectivity index (χ1) is 14.3. The van der Waals surface area contributed by atoms with Crippen LogP contribution < -0.4 is 5.32 Å². The molecule has 1 atom stereocenters. The number of rotatable bonds is 6. The van der Waals surface area contributed by atoms with Crippen LogP contribution in [0.5, 0.6) is 0 Å². The van der Waals surface area contributed by atoms with Crippen LogP contribution in [-0.4, -0.2) is 44.3 Å². The molecule has 2 aromatic rings. The average Bonchev–Trinajstić information content (AvgIpc) is 2.96. The van der Waals surface area contributed by atoms with Gasteiger partial charge in [-0.2, -0.15) is 4.31 Å². The van der Waals surface area contributed by atoms with Gasteiger partial charge >= 0.3 is 5.97 Å². The number of benzene rings is 2. The van der Waals surface area contributed by atoms with E-state index in [-0.39, 0.29) is 17.3 Å². The number of carbonyl (C=O) groups is 2. The molecule has 0 saturated carbocycles. The zero-order valence-corrected chi connectivity index (χ0v) is 18.1. The lowest BCUT2D eigenvalue weighted by Crippen LogP contribution is -2.48. The minimum atomic E-state index is -3.97. The third-order valence-electron chi connectivity index (χ3n) is 4.99. The molecule has 0 radical (unpaired) electrons. The lowest BCUT2D eigenvalue weighted by atomic mass is 10.1. The first-order valence-electron chi connectivity index (χ1n) is 9.55. The van der Waals surface area contributed by atoms with Gasteiger partial charge < -0.3 is 10.1 Å². The summed E-state index contributed by atoms with van der Waals surface area (Å²) in [6, 6.07) is 11.5. The number of nitrogens with one attached hydrogen (secondary N) is 1. The van der Waals surface area contributed by atoms with E-state index in [4.69, 9.17) is 16.3 Å². The van der Waals surface area contributed by atoms with Crippen molar-refractivity contribution in [2.24, 2.45) is 0 Å². The van der Waals surface area contributed by atoms with Crippen LogP contribution in [0.4, 0.5) is 0 Å². The van der Waals surface area contributed by atoms with Crippen LogP contribution in [0.2, 0.25) is 5.02 Å². The van der Waals surface area contributed by atoms with Gasteiger partial charge in [-0.25, -0.2) is 13.2 Å². The summed E-state index contributed by atoms with van der Waals surface area (Å²) in [4.78, 5) is 24.4. The Morgan fingerprint density at radius 1 is 1.13 bits per heavy atom. The number of carbonyl (C=O) groups excluding carboxylic acids is 2. The van der Waals surface area contributed by atoms with Gasteiger partial charge in [0.2, 0.25) is 15.9 Å². The Morgan fingerprint density at radius 2 is 1.80 bits per heavy atom. The molecular formula is C21H23ClN2O5S. The molecule has 1 saturated heterocycles. The number of ether oxygens (including phenoxy) is 1. The second-order valence-electron chi connectivity index (χ2n) is 7.00. The van der Waals surface area contributed by atoms with Gasteiger partial charge in [0, 0.05) is 18.1 Å². The quantitative estimate of drug-likeness (QED) is 0.683. The molecule has 1 heterocycles. The summed E-state index contributed by atoms with van der Waals surface area (Å²) in [5.74, 6) is -0.786. The van der Waals surface area contributed by atoms with Gasteiger partial charge in [-0.15, -0.1) is 0 Å². The SMILES string of the molecule is COC(=O)c1ccc(CN([C@@H]2CCCCNC2=O)S(=O)(=O)c2ccc(Cl)cc2)cc1. The molecule has 2 aromatic carbocycles. The maximum Gasteiger partial charge on any atom is 0.337 e.